The van der Waals surface area contributed by atoms with E-state index in [0.29, 0.717) is 6.42 Å². The lowest BCUT2D eigenvalue weighted by molar-refractivity contribution is -0.465. The van der Waals surface area contributed by atoms with E-state index in [2.05, 4.69) is 0 Å². The molecule has 0 N–H and O–H groups in total. The molecular formula is C13H15F2NO3. The van der Waals surface area contributed by atoms with Gasteiger partial charge in [-0.2, -0.15) is 0 Å². The minimum Gasteiger partial charge on any atom is -0.436 e. The highest BCUT2D eigenvalue weighted by atomic mass is 19.1. The predicted octanol–water partition coefficient (Wildman–Crippen LogP) is 3.65. The fraction of sp³-hybridized carbons (Fsp3) is 0.385. The maximum atomic E-state index is 13.3. The van der Waals surface area contributed by atoms with Gasteiger partial charge in [-0.3, -0.25) is 10.1 Å². The van der Waals surface area contributed by atoms with Gasteiger partial charge < -0.3 is 4.74 Å². The minimum absolute atomic E-state index is 0.226. The van der Waals surface area contributed by atoms with E-state index in [9.17, 15) is 18.9 Å². The molecule has 0 aliphatic carbocycles. The van der Waals surface area contributed by atoms with E-state index in [1.165, 1.54) is 12.1 Å². The van der Waals surface area contributed by atoms with Crippen molar-refractivity contribution >= 4 is 0 Å². The Kier molecular flexibility index (Phi) is 5.41. The Morgan fingerprint density at radius 1 is 1.42 bits per heavy atom. The number of ether oxygens (including phenoxy) is 1. The van der Waals surface area contributed by atoms with Crippen LogP contribution < -0.4 is 0 Å². The number of hydrogen-bond acceptors (Lipinski definition) is 3. The van der Waals surface area contributed by atoms with E-state index in [0.717, 1.165) is 12.1 Å². The zero-order chi connectivity index (χ0) is 14.4. The molecule has 0 aliphatic rings. The first-order valence-corrected chi connectivity index (χ1v) is 5.82. The molecule has 1 aromatic carbocycles. The second-order valence-electron chi connectivity index (χ2n) is 4.42. The fourth-order valence-corrected chi connectivity index (χ4v) is 1.34. The third kappa shape index (κ3) is 4.65. The van der Waals surface area contributed by atoms with Crippen molar-refractivity contribution in [3.05, 3.63) is 57.5 Å². The summed E-state index contributed by atoms with van der Waals surface area (Å²) in [4.78, 5) is 10.0. The summed E-state index contributed by atoms with van der Waals surface area (Å²) in [5.74, 6) is -1.83. The lowest BCUT2D eigenvalue weighted by Gasteiger charge is -2.06. The van der Waals surface area contributed by atoms with Crippen molar-refractivity contribution in [3.63, 3.8) is 0 Å². The first-order chi connectivity index (χ1) is 8.91. The molecular weight excluding hydrogens is 256 g/mol. The molecule has 0 spiro atoms. The second-order valence-corrected chi connectivity index (χ2v) is 4.42. The van der Waals surface area contributed by atoms with Gasteiger partial charge in [-0.05, 0) is 24.5 Å². The van der Waals surface area contributed by atoms with Crippen LogP contribution in [-0.4, -0.2) is 4.92 Å². The van der Waals surface area contributed by atoms with E-state index >= 15 is 0 Å². The molecule has 0 atom stereocenters. The summed E-state index contributed by atoms with van der Waals surface area (Å²) in [6.07, 6.45) is 1.76. The van der Waals surface area contributed by atoms with Crippen LogP contribution in [0, 0.1) is 27.7 Å². The van der Waals surface area contributed by atoms with Gasteiger partial charge in [0.1, 0.15) is 23.2 Å². The smallest absolute Gasteiger partial charge is 0.424 e. The van der Waals surface area contributed by atoms with E-state index in [4.69, 9.17) is 4.74 Å². The highest BCUT2D eigenvalue weighted by Crippen LogP contribution is 2.16. The van der Waals surface area contributed by atoms with Crippen LogP contribution in [0.3, 0.4) is 0 Å². The third-order valence-corrected chi connectivity index (χ3v) is 2.37. The topological polar surface area (TPSA) is 52.4 Å². The molecule has 0 aromatic heterocycles. The Morgan fingerprint density at radius 3 is 2.47 bits per heavy atom. The molecule has 0 bridgehead atoms. The van der Waals surface area contributed by atoms with Gasteiger partial charge in [0.05, 0.1) is 5.56 Å². The molecule has 0 fully saturated rings. The lowest BCUT2D eigenvalue weighted by atomic mass is 10.1. The maximum absolute atomic E-state index is 13.3. The van der Waals surface area contributed by atoms with Gasteiger partial charge in [-0.15, -0.1) is 0 Å². The van der Waals surface area contributed by atoms with Crippen LogP contribution in [0.2, 0.25) is 0 Å². The normalized spacial score (nSPS) is 11.7. The summed E-state index contributed by atoms with van der Waals surface area (Å²) < 4.78 is 31.5. The van der Waals surface area contributed by atoms with Crippen LogP contribution in [0.4, 0.5) is 8.78 Å². The fourth-order valence-electron chi connectivity index (χ4n) is 1.34. The van der Waals surface area contributed by atoms with Crippen molar-refractivity contribution in [2.45, 2.75) is 26.9 Å². The number of benzene rings is 1. The zero-order valence-electron chi connectivity index (χ0n) is 10.7. The Balaban J connectivity index is 2.77. The van der Waals surface area contributed by atoms with Crippen molar-refractivity contribution < 1.29 is 18.4 Å². The van der Waals surface area contributed by atoms with Gasteiger partial charge in [0.15, 0.2) is 0 Å². The van der Waals surface area contributed by atoms with Crippen LogP contribution in [-0.2, 0) is 11.3 Å². The minimum atomic E-state index is -0.786. The standard InChI is InChI=1S/C13H15F2NO3/c1-9(2)6-7-13(16(17)18)19-8-10-11(14)4-3-5-12(10)15/h3-5,7,9H,6,8H2,1-2H3. The van der Waals surface area contributed by atoms with Crippen LogP contribution >= 0.6 is 0 Å². The number of rotatable bonds is 6. The Hall–Kier alpha value is -1.98. The summed E-state index contributed by atoms with van der Waals surface area (Å²) in [6.45, 7) is 3.28. The van der Waals surface area contributed by atoms with Gasteiger partial charge >= 0.3 is 5.88 Å². The van der Waals surface area contributed by atoms with Gasteiger partial charge in [0, 0.05) is 6.08 Å². The summed E-state index contributed by atoms with van der Waals surface area (Å²) in [6, 6.07) is 3.37. The Bertz CT molecular complexity index is 467. The molecule has 104 valence electrons. The summed E-state index contributed by atoms with van der Waals surface area (Å²) in [5, 5.41) is 10.7. The molecule has 0 saturated heterocycles. The van der Waals surface area contributed by atoms with E-state index in [1.54, 1.807) is 0 Å². The number of halogens is 2. The maximum Gasteiger partial charge on any atom is 0.424 e. The van der Waals surface area contributed by atoms with Crippen LogP contribution in [0.15, 0.2) is 30.2 Å². The molecule has 6 heteroatoms. The second kappa shape index (κ2) is 6.82. The van der Waals surface area contributed by atoms with Gasteiger partial charge in [0.25, 0.3) is 0 Å². The lowest BCUT2D eigenvalue weighted by Crippen LogP contribution is -2.06. The first-order valence-electron chi connectivity index (χ1n) is 5.82. The quantitative estimate of drug-likeness (QED) is 0.451. The molecule has 0 radical (unpaired) electrons. The molecule has 0 amide bonds. The Morgan fingerprint density at radius 2 is 2.00 bits per heavy atom. The molecule has 1 aromatic rings. The summed E-state index contributed by atoms with van der Waals surface area (Å²) >= 11 is 0. The van der Waals surface area contributed by atoms with Gasteiger partial charge in [-0.25, -0.2) is 8.78 Å². The number of hydrogen-bond donors (Lipinski definition) is 0. The molecule has 4 nitrogen and oxygen atoms in total. The highest BCUT2D eigenvalue weighted by molar-refractivity contribution is 5.18. The number of nitro groups is 1. The van der Waals surface area contributed by atoms with Gasteiger partial charge in [0.2, 0.25) is 0 Å². The van der Waals surface area contributed by atoms with Crippen molar-refractivity contribution in [1.29, 1.82) is 0 Å². The molecule has 19 heavy (non-hydrogen) atoms. The average Bonchev–Trinajstić information content (AvgIpc) is 2.31. The molecule has 1 rings (SSSR count). The largest absolute Gasteiger partial charge is 0.436 e. The van der Waals surface area contributed by atoms with E-state index < -0.39 is 29.0 Å². The van der Waals surface area contributed by atoms with Crippen molar-refractivity contribution in [2.75, 3.05) is 0 Å². The summed E-state index contributed by atoms with van der Waals surface area (Å²) in [7, 11) is 0. The average molecular weight is 271 g/mol. The number of allylic oxidation sites excluding steroid dienone is 1. The van der Waals surface area contributed by atoms with Crippen molar-refractivity contribution in [2.24, 2.45) is 5.92 Å². The van der Waals surface area contributed by atoms with Gasteiger partial charge in [-0.1, -0.05) is 19.9 Å². The highest BCUT2D eigenvalue weighted by Gasteiger charge is 2.16. The number of nitrogens with zero attached hydrogens (tertiary/aromatic N) is 1. The third-order valence-electron chi connectivity index (χ3n) is 2.37. The molecule has 0 unspecified atom stereocenters. The van der Waals surface area contributed by atoms with Crippen LogP contribution in [0.1, 0.15) is 25.8 Å². The van der Waals surface area contributed by atoms with Crippen LogP contribution in [0.5, 0.6) is 0 Å². The van der Waals surface area contributed by atoms with E-state index in [1.807, 2.05) is 13.8 Å². The zero-order valence-corrected chi connectivity index (χ0v) is 10.7. The molecule has 0 saturated carbocycles. The first kappa shape index (κ1) is 15.1. The molecule has 0 aliphatic heterocycles. The van der Waals surface area contributed by atoms with Crippen molar-refractivity contribution in [3.8, 4) is 0 Å². The SMILES string of the molecule is CC(C)CC=C(OCc1c(F)cccc1F)[N+](=O)[O-]. The summed E-state index contributed by atoms with van der Waals surface area (Å²) in [5.41, 5.74) is -0.320. The van der Waals surface area contributed by atoms with E-state index in [-0.39, 0.29) is 11.5 Å². The van der Waals surface area contributed by atoms with Crippen LogP contribution in [0.25, 0.3) is 0 Å². The Labute approximate surface area is 109 Å². The van der Waals surface area contributed by atoms with Crippen molar-refractivity contribution in [1.82, 2.24) is 0 Å². The molecule has 0 heterocycles. The monoisotopic (exact) mass is 271 g/mol. The predicted molar refractivity (Wildman–Crippen MR) is 65.7 cm³/mol.